The second-order valence-corrected chi connectivity index (χ2v) is 6.84. The van der Waals surface area contributed by atoms with Crippen LogP contribution in [0.15, 0.2) is 42.5 Å². The zero-order valence-electron chi connectivity index (χ0n) is 11.1. The summed E-state index contributed by atoms with van der Waals surface area (Å²) in [4.78, 5) is 0.180. The maximum atomic E-state index is 13.5. The van der Waals surface area contributed by atoms with E-state index < -0.39 is 0 Å². The van der Waals surface area contributed by atoms with Crippen molar-refractivity contribution >= 4 is 27.5 Å². The number of benzene rings is 2. The van der Waals surface area contributed by atoms with E-state index in [1.54, 1.807) is 6.92 Å². The lowest BCUT2D eigenvalue weighted by Gasteiger charge is -2.13. The Morgan fingerprint density at radius 1 is 1.25 bits per heavy atom. The third kappa shape index (κ3) is 2.64. The zero-order valence-corrected chi connectivity index (χ0v) is 13.5. The molecule has 2 aromatic rings. The van der Waals surface area contributed by atoms with E-state index in [9.17, 15) is 4.39 Å². The molecule has 0 aliphatic heterocycles. The van der Waals surface area contributed by atoms with Crippen molar-refractivity contribution in [1.29, 1.82) is 0 Å². The van der Waals surface area contributed by atoms with Crippen LogP contribution in [0, 0.1) is 18.7 Å². The van der Waals surface area contributed by atoms with Gasteiger partial charge in [-0.05, 0) is 47.9 Å². The van der Waals surface area contributed by atoms with E-state index in [0.717, 1.165) is 12.0 Å². The molecule has 1 saturated carbocycles. The average Bonchev–Trinajstić information content (AvgIpc) is 3.23. The number of hydrogen-bond acceptors (Lipinski definition) is 0. The molecule has 20 heavy (non-hydrogen) atoms. The van der Waals surface area contributed by atoms with Gasteiger partial charge in [0.15, 0.2) is 0 Å². The number of halogens is 3. The molecule has 3 unspecified atom stereocenters. The van der Waals surface area contributed by atoms with E-state index in [1.165, 1.54) is 11.6 Å². The Labute approximate surface area is 132 Å². The Hall–Kier alpha value is -0.860. The van der Waals surface area contributed by atoms with Crippen LogP contribution in [0.2, 0.25) is 5.02 Å². The molecule has 3 atom stereocenters. The van der Waals surface area contributed by atoms with Crippen molar-refractivity contribution < 1.29 is 4.39 Å². The lowest BCUT2D eigenvalue weighted by molar-refractivity contribution is 0.617. The fourth-order valence-corrected chi connectivity index (χ4v) is 4.11. The fourth-order valence-electron chi connectivity index (χ4n) is 2.74. The zero-order chi connectivity index (χ0) is 14.3. The third-order valence-electron chi connectivity index (χ3n) is 4.02. The lowest BCUT2D eigenvalue weighted by atomic mass is 10.0. The summed E-state index contributed by atoms with van der Waals surface area (Å²) in [5.41, 5.74) is 3.01. The molecular weight excluding hydrogens is 339 g/mol. The molecular formula is C17H15BrClF. The lowest BCUT2D eigenvalue weighted by Crippen LogP contribution is -1.98. The van der Waals surface area contributed by atoms with E-state index in [2.05, 4.69) is 40.2 Å². The summed E-state index contributed by atoms with van der Waals surface area (Å²) in [5.74, 6) is 0.857. The van der Waals surface area contributed by atoms with Crippen LogP contribution in [-0.4, -0.2) is 0 Å². The van der Waals surface area contributed by atoms with Gasteiger partial charge in [-0.25, -0.2) is 4.39 Å². The first kappa shape index (κ1) is 14.1. The minimum atomic E-state index is -0.242. The molecule has 0 aromatic heterocycles. The number of rotatable bonds is 3. The largest absolute Gasteiger partial charge is 0.207 e. The Balaban J connectivity index is 1.82. The topological polar surface area (TPSA) is 0 Å². The molecule has 2 aromatic carbocycles. The molecule has 0 amide bonds. The highest BCUT2D eigenvalue weighted by Crippen LogP contribution is 2.58. The van der Waals surface area contributed by atoms with Gasteiger partial charge in [-0.2, -0.15) is 0 Å². The van der Waals surface area contributed by atoms with E-state index in [4.69, 9.17) is 11.6 Å². The fraction of sp³-hybridized carbons (Fsp3) is 0.294. The number of alkyl halides is 1. The average molecular weight is 354 g/mol. The Kier molecular flexibility index (Phi) is 3.87. The van der Waals surface area contributed by atoms with E-state index in [0.29, 0.717) is 22.4 Å². The van der Waals surface area contributed by atoms with E-state index >= 15 is 0 Å². The molecule has 3 rings (SSSR count). The van der Waals surface area contributed by atoms with Gasteiger partial charge in [-0.1, -0.05) is 63.9 Å². The molecule has 0 radical (unpaired) electrons. The SMILES string of the molecule is Cc1cc(C(Br)C2CC2c2ccccc2)c(Cl)cc1F. The van der Waals surface area contributed by atoms with Crippen LogP contribution in [0.25, 0.3) is 0 Å². The highest BCUT2D eigenvalue weighted by Gasteiger charge is 2.43. The van der Waals surface area contributed by atoms with Gasteiger partial charge in [0, 0.05) is 9.85 Å². The van der Waals surface area contributed by atoms with Gasteiger partial charge in [-0.3, -0.25) is 0 Å². The van der Waals surface area contributed by atoms with E-state index in [-0.39, 0.29) is 10.6 Å². The summed E-state index contributed by atoms with van der Waals surface area (Å²) in [6.07, 6.45) is 1.15. The second-order valence-electron chi connectivity index (χ2n) is 5.44. The van der Waals surface area contributed by atoms with Crippen LogP contribution in [0.4, 0.5) is 4.39 Å². The number of hydrogen-bond donors (Lipinski definition) is 0. The molecule has 0 N–H and O–H groups in total. The summed E-state index contributed by atoms with van der Waals surface area (Å²) >= 11 is 9.95. The second kappa shape index (κ2) is 5.50. The molecule has 3 heteroatoms. The first-order chi connectivity index (χ1) is 9.58. The Morgan fingerprint density at radius 3 is 2.65 bits per heavy atom. The Morgan fingerprint density at radius 2 is 1.95 bits per heavy atom. The van der Waals surface area contributed by atoms with Crippen LogP contribution in [0.5, 0.6) is 0 Å². The maximum Gasteiger partial charge on any atom is 0.127 e. The van der Waals surface area contributed by atoms with Gasteiger partial charge in [0.2, 0.25) is 0 Å². The van der Waals surface area contributed by atoms with Gasteiger partial charge in [0.05, 0.1) is 0 Å². The van der Waals surface area contributed by atoms with Crippen molar-refractivity contribution in [1.82, 2.24) is 0 Å². The van der Waals surface area contributed by atoms with Crippen molar-refractivity contribution in [3.05, 3.63) is 70.0 Å². The Bertz CT molecular complexity index is 626. The highest BCUT2D eigenvalue weighted by molar-refractivity contribution is 9.09. The molecule has 1 fully saturated rings. The molecule has 0 bridgehead atoms. The van der Waals surface area contributed by atoms with Crippen molar-refractivity contribution in [2.45, 2.75) is 24.1 Å². The minimum absolute atomic E-state index is 0.180. The van der Waals surface area contributed by atoms with Crippen molar-refractivity contribution in [3.63, 3.8) is 0 Å². The van der Waals surface area contributed by atoms with Crippen LogP contribution >= 0.6 is 27.5 Å². The summed E-state index contributed by atoms with van der Waals surface area (Å²) in [6.45, 7) is 1.77. The van der Waals surface area contributed by atoms with Gasteiger partial charge in [0.25, 0.3) is 0 Å². The van der Waals surface area contributed by atoms with Crippen LogP contribution in [-0.2, 0) is 0 Å². The summed E-state index contributed by atoms with van der Waals surface area (Å²) in [7, 11) is 0. The van der Waals surface area contributed by atoms with Crippen LogP contribution in [0.1, 0.15) is 33.9 Å². The van der Waals surface area contributed by atoms with Gasteiger partial charge >= 0.3 is 0 Å². The van der Waals surface area contributed by atoms with Crippen LogP contribution in [0.3, 0.4) is 0 Å². The smallest absolute Gasteiger partial charge is 0.127 e. The predicted octanol–water partition coefficient (Wildman–Crippen LogP) is 6.03. The summed E-state index contributed by atoms with van der Waals surface area (Å²) < 4.78 is 13.5. The van der Waals surface area contributed by atoms with Gasteiger partial charge < -0.3 is 0 Å². The van der Waals surface area contributed by atoms with Gasteiger partial charge in [0.1, 0.15) is 5.82 Å². The summed E-state index contributed by atoms with van der Waals surface area (Å²) in [5, 5.41) is 0.508. The van der Waals surface area contributed by atoms with Crippen molar-refractivity contribution in [2.75, 3.05) is 0 Å². The maximum absolute atomic E-state index is 13.5. The molecule has 0 nitrogen and oxygen atoms in total. The quantitative estimate of drug-likeness (QED) is 0.591. The molecule has 0 spiro atoms. The number of aryl methyl sites for hydroxylation is 1. The highest BCUT2D eigenvalue weighted by atomic mass is 79.9. The third-order valence-corrected chi connectivity index (χ3v) is 5.52. The molecule has 1 aliphatic rings. The first-order valence-corrected chi connectivity index (χ1v) is 8.02. The van der Waals surface area contributed by atoms with Gasteiger partial charge in [-0.15, -0.1) is 0 Å². The monoisotopic (exact) mass is 352 g/mol. The molecule has 104 valence electrons. The first-order valence-electron chi connectivity index (χ1n) is 6.72. The van der Waals surface area contributed by atoms with Crippen LogP contribution < -0.4 is 0 Å². The van der Waals surface area contributed by atoms with E-state index in [1.807, 2.05) is 12.1 Å². The molecule has 1 aliphatic carbocycles. The minimum Gasteiger partial charge on any atom is -0.207 e. The molecule has 0 heterocycles. The normalized spacial score (nSPS) is 22.6. The standard InChI is InChI=1S/C17H15BrClF/c1-10-7-14(15(19)9-16(10)20)17(18)13-8-12(13)11-5-3-2-4-6-11/h2-7,9,12-13,17H,8H2,1H3. The summed E-state index contributed by atoms with van der Waals surface area (Å²) in [6, 6.07) is 13.8. The predicted molar refractivity (Wildman–Crippen MR) is 85.1 cm³/mol. The van der Waals surface area contributed by atoms with Crippen molar-refractivity contribution in [2.24, 2.45) is 5.92 Å². The molecule has 0 saturated heterocycles. The van der Waals surface area contributed by atoms with Crippen molar-refractivity contribution in [3.8, 4) is 0 Å².